The van der Waals surface area contributed by atoms with Crippen LogP contribution in [-0.2, 0) is 17.6 Å². The van der Waals surface area contributed by atoms with E-state index in [1.54, 1.807) is 17.4 Å². The molecule has 4 nitrogen and oxygen atoms in total. The number of nitrogens with zero attached hydrogens (tertiary/aromatic N) is 1. The molecule has 2 rings (SSSR count). The monoisotopic (exact) mass is 279 g/mol. The molecule has 5 heteroatoms. The number of hydrogen-bond donors (Lipinski definition) is 1. The predicted molar refractivity (Wildman–Crippen MR) is 74.7 cm³/mol. The van der Waals surface area contributed by atoms with Crippen LogP contribution in [-0.4, -0.2) is 35.0 Å². The lowest BCUT2D eigenvalue weighted by molar-refractivity contribution is -0.137. The van der Waals surface area contributed by atoms with Gasteiger partial charge in [-0.05, 0) is 31.2 Å². The highest BCUT2D eigenvalue weighted by Crippen LogP contribution is 2.30. The van der Waals surface area contributed by atoms with E-state index < -0.39 is 5.97 Å². The number of amides is 1. The molecule has 0 aliphatic heterocycles. The zero-order valence-electron chi connectivity index (χ0n) is 10.7. The van der Waals surface area contributed by atoms with Crippen molar-refractivity contribution in [3.05, 3.63) is 34.0 Å². The Morgan fingerprint density at radius 3 is 2.84 bits per heavy atom. The maximum Gasteiger partial charge on any atom is 0.323 e. The lowest BCUT2D eigenvalue weighted by Gasteiger charge is -2.20. The number of thiophene rings is 1. The fourth-order valence-corrected chi connectivity index (χ4v) is 3.50. The predicted octanol–water partition coefficient (Wildman–Crippen LogP) is 2.34. The molecule has 1 aromatic rings. The molecule has 1 aromatic heterocycles. The molecule has 1 amide bonds. The van der Waals surface area contributed by atoms with Gasteiger partial charge in [0.1, 0.15) is 6.54 Å². The molecule has 1 aliphatic carbocycles. The Hall–Kier alpha value is -1.62. The molecule has 1 N–H and O–H groups in total. The van der Waals surface area contributed by atoms with Gasteiger partial charge in [0.05, 0.1) is 5.56 Å². The maximum atomic E-state index is 12.4. The van der Waals surface area contributed by atoms with E-state index in [4.69, 9.17) is 5.11 Å². The quantitative estimate of drug-likeness (QED) is 0.842. The van der Waals surface area contributed by atoms with E-state index in [1.807, 2.05) is 5.38 Å². The number of fused-ring (bicyclic) bond motifs is 1. The first-order chi connectivity index (χ1) is 9.13. The van der Waals surface area contributed by atoms with Crippen molar-refractivity contribution < 1.29 is 14.7 Å². The van der Waals surface area contributed by atoms with Crippen molar-refractivity contribution in [2.75, 3.05) is 13.1 Å². The van der Waals surface area contributed by atoms with Crippen molar-refractivity contribution in [2.24, 2.45) is 0 Å². The molecule has 0 spiro atoms. The molecule has 0 aromatic carbocycles. The summed E-state index contributed by atoms with van der Waals surface area (Å²) in [4.78, 5) is 25.9. The molecule has 102 valence electrons. The molecular weight excluding hydrogens is 262 g/mol. The molecule has 1 heterocycles. The summed E-state index contributed by atoms with van der Waals surface area (Å²) in [6, 6.07) is 0. The lowest BCUT2D eigenvalue weighted by Crippen LogP contribution is -2.36. The maximum absolute atomic E-state index is 12.4. The Morgan fingerprint density at radius 1 is 1.42 bits per heavy atom. The van der Waals surface area contributed by atoms with Crippen LogP contribution in [0.2, 0.25) is 0 Å². The van der Waals surface area contributed by atoms with Gasteiger partial charge < -0.3 is 10.0 Å². The molecule has 0 unspecified atom stereocenters. The number of aliphatic carboxylic acids is 1. The van der Waals surface area contributed by atoms with E-state index in [9.17, 15) is 9.59 Å². The molecule has 1 aliphatic rings. The standard InChI is InChI=1S/C14H17NO3S/c1-2-7-15(8-13(16)17)14(18)11-9-19-12-6-4-3-5-10(11)12/h2,9H,1,3-8H2,(H,16,17). The third-order valence-electron chi connectivity index (χ3n) is 3.25. The van der Waals surface area contributed by atoms with Crippen molar-refractivity contribution in [3.8, 4) is 0 Å². The van der Waals surface area contributed by atoms with Gasteiger partial charge in [-0.3, -0.25) is 9.59 Å². The zero-order chi connectivity index (χ0) is 13.8. The van der Waals surface area contributed by atoms with Crippen molar-refractivity contribution in [2.45, 2.75) is 25.7 Å². The molecule has 0 fully saturated rings. The highest BCUT2D eigenvalue weighted by atomic mass is 32.1. The fraction of sp³-hybridized carbons (Fsp3) is 0.429. The number of carboxylic acid groups (broad SMARTS) is 1. The van der Waals surface area contributed by atoms with Crippen LogP contribution in [0.3, 0.4) is 0 Å². The van der Waals surface area contributed by atoms with Crippen molar-refractivity contribution in [1.82, 2.24) is 4.90 Å². The van der Waals surface area contributed by atoms with Crippen LogP contribution in [0.4, 0.5) is 0 Å². The van der Waals surface area contributed by atoms with Crippen LogP contribution in [0.5, 0.6) is 0 Å². The zero-order valence-corrected chi connectivity index (χ0v) is 11.5. The Labute approximate surface area is 116 Å². The van der Waals surface area contributed by atoms with Gasteiger partial charge in [0.15, 0.2) is 0 Å². The first kappa shape index (κ1) is 13.8. The number of carbonyl (C=O) groups is 2. The first-order valence-corrected chi connectivity index (χ1v) is 7.22. The van der Waals surface area contributed by atoms with Crippen LogP contribution in [0.25, 0.3) is 0 Å². The van der Waals surface area contributed by atoms with Gasteiger partial charge in [0.25, 0.3) is 5.91 Å². The van der Waals surface area contributed by atoms with Gasteiger partial charge in [-0.1, -0.05) is 6.08 Å². The van der Waals surface area contributed by atoms with E-state index in [2.05, 4.69) is 6.58 Å². The average Bonchev–Trinajstić information content (AvgIpc) is 2.80. The second-order valence-corrected chi connectivity index (χ2v) is 5.59. The smallest absolute Gasteiger partial charge is 0.323 e. The molecule has 0 radical (unpaired) electrons. The van der Waals surface area contributed by atoms with Crippen LogP contribution < -0.4 is 0 Å². The molecule has 0 atom stereocenters. The normalized spacial score (nSPS) is 13.7. The Kier molecular flexibility index (Phi) is 4.37. The minimum absolute atomic E-state index is 0.193. The SMILES string of the molecule is C=CCN(CC(=O)O)C(=O)c1csc2c1CCCC2. The third kappa shape index (κ3) is 3.04. The number of carboxylic acids is 1. The van der Waals surface area contributed by atoms with Crippen molar-refractivity contribution >= 4 is 23.2 Å². The number of aryl methyl sites for hydroxylation is 1. The Bertz CT molecular complexity index is 507. The lowest BCUT2D eigenvalue weighted by atomic mass is 9.95. The number of hydrogen-bond acceptors (Lipinski definition) is 3. The largest absolute Gasteiger partial charge is 0.480 e. The fourth-order valence-electron chi connectivity index (χ4n) is 2.38. The Morgan fingerprint density at radius 2 is 2.16 bits per heavy atom. The van der Waals surface area contributed by atoms with E-state index in [0.29, 0.717) is 5.56 Å². The number of carbonyl (C=O) groups excluding carboxylic acids is 1. The van der Waals surface area contributed by atoms with Gasteiger partial charge in [-0.2, -0.15) is 0 Å². The third-order valence-corrected chi connectivity index (χ3v) is 4.34. The summed E-state index contributed by atoms with van der Waals surface area (Å²) in [6.45, 7) is 3.55. The molecule has 0 saturated heterocycles. The summed E-state index contributed by atoms with van der Waals surface area (Å²) < 4.78 is 0. The highest BCUT2D eigenvalue weighted by molar-refractivity contribution is 7.10. The highest BCUT2D eigenvalue weighted by Gasteiger charge is 2.24. The average molecular weight is 279 g/mol. The van der Waals surface area contributed by atoms with Crippen molar-refractivity contribution in [3.63, 3.8) is 0 Å². The Balaban J connectivity index is 2.23. The van der Waals surface area contributed by atoms with Crippen LogP contribution >= 0.6 is 11.3 Å². The first-order valence-electron chi connectivity index (χ1n) is 6.34. The second kappa shape index (κ2) is 6.02. The summed E-state index contributed by atoms with van der Waals surface area (Å²) in [5.74, 6) is -1.19. The molecule has 0 bridgehead atoms. The van der Waals surface area contributed by atoms with E-state index >= 15 is 0 Å². The van der Waals surface area contributed by atoms with Gasteiger partial charge >= 0.3 is 5.97 Å². The van der Waals surface area contributed by atoms with Crippen LogP contribution in [0.1, 0.15) is 33.6 Å². The molecular formula is C14H17NO3S. The van der Waals surface area contributed by atoms with Crippen molar-refractivity contribution in [1.29, 1.82) is 0 Å². The number of rotatable bonds is 5. The topological polar surface area (TPSA) is 57.6 Å². The van der Waals surface area contributed by atoms with Crippen LogP contribution in [0, 0.1) is 0 Å². The summed E-state index contributed by atoms with van der Waals surface area (Å²) in [5.41, 5.74) is 1.81. The van der Waals surface area contributed by atoms with Gasteiger partial charge in [0.2, 0.25) is 0 Å². The summed E-state index contributed by atoms with van der Waals surface area (Å²) >= 11 is 1.61. The summed E-state index contributed by atoms with van der Waals surface area (Å²) in [6.07, 6.45) is 5.79. The van der Waals surface area contributed by atoms with E-state index in [-0.39, 0.29) is 19.0 Å². The van der Waals surface area contributed by atoms with Gasteiger partial charge in [-0.25, -0.2) is 0 Å². The summed E-state index contributed by atoms with van der Waals surface area (Å²) in [7, 11) is 0. The molecule has 0 saturated carbocycles. The van der Waals surface area contributed by atoms with E-state index in [0.717, 1.165) is 24.8 Å². The minimum atomic E-state index is -1.00. The minimum Gasteiger partial charge on any atom is -0.480 e. The van der Waals surface area contributed by atoms with Crippen LogP contribution in [0.15, 0.2) is 18.0 Å². The second-order valence-electron chi connectivity index (χ2n) is 4.63. The van der Waals surface area contributed by atoms with Gasteiger partial charge in [0, 0.05) is 16.8 Å². The summed E-state index contributed by atoms with van der Waals surface area (Å²) in [5, 5.41) is 10.7. The van der Waals surface area contributed by atoms with Gasteiger partial charge in [-0.15, -0.1) is 17.9 Å². The molecule has 19 heavy (non-hydrogen) atoms. The van der Waals surface area contributed by atoms with E-state index in [1.165, 1.54) is 16.2 Å².